The highest BCUT2D eigenvalue weighted by Gasteiger charge is 2.22. The number of aliphatic carboxylic acids is 1. The number of rotatable bonds is 5. The van der Waals surface area contributed by atoms with Crippen molar-refractivity contribution in [2.24, 2.45) is 0 Å². The number of carboxylic acids is 1. The molecule has 1 atom stereocenters. The molecule has 0 saturated heterocycles. The van der Waals surface area contributed by atoms with Crippen molar-refractivity contribution in [1.29, 1.82) is 0 Å². The normalized spacial score (nSPS) is 13.3. The van der Waals surface area contributed by atoms with Crippen molar-refractivity contribution >= 4 is 27.6 Å². The number of pyridine rings is 1. The molecule has 7 heteroatoms. The molecule has 0 aliphatic heterocycles. The summed E-state index contributed by atoms with van der Waals surface area (Å²) in [6.07, 6.45) is 2.93. The second-order valence-electron chi connectivity index (χ2n) is 3.43. The molecule has 0 saturated carbocycles. The van der Waals surface area contributed by atoms with E-state index >= 15 is 0 Å². The van der Waals surface area contributed by atoms with E-state index in [1.165, 1.54) is 18.3 Å². The average Bonchev–Trinajstić information content (AvgIpc) is 2.24. The lowest BCUT2D eigenvalue weighted by Gasteiger charge is -2.10. The van der Waals surface area contributed by atoms with Crippen LogP contribution in [-0.2, 0) is 14.6 Å². The summed E-state index contributed by atoms with van der Waals surface area (Å²) in [4.78, 5) is 14.9. The predicted octanol–water partition coefficient (Wildman–Crippen LogP) is 1.44. The maximum atomic E-state index is 11.5. The third-order valence-electron chi connectivity index (χ3n) is 2.04. The summed E-state index contributed by atoms with van der Waals surface area (Å²) >= 11 is 0.960. The molecule has 0 aromatic carbocycles. The SMILES string of the molecule is CCC(Sc1ncccc1S(C)(=O)=O)C(=O)O. The largest absolute Gasteiger partial charge is 0.480 e. The number of carboxylic acid groups (broad SMARTS) is 1. The maximum Gasteiger partial charge on any atom is 0.317 e. The van der Waals surface area contributed by atoms with Gasteiger partial charge in [-0.3, -0.25) is 4.79 Å². The van der Waals surface area contributed by atoms with Crippen LogP contribution in [0.15, 0.2) is 28.3 Å². The Morgan fingerprint density at radius 1 is 1.59 bits per heavy atom. The van der Waals surface area contributed by atoms with Gasteiger partial charge < -0.3 is 5.11 Å². The Morgan fingerprint density at radius 2 is 2.24 bits per heavy atom. The van der Waals surface area contributed by atoms with Crippen molar-refractivity contribution in [3.8, 4) is 0 Å². The predicted molar refractivity (Wildman–Crippen MR) is 64.9 cm³/mol. The van der Waals surface area contributed by atoms with Crippen LogP contribution in [0.1, 0.15) is 13.3 Å². The third-order valence-corrected chi connectivity index (χ3v) is 4.66. The minimum absolute atomic E-state index is 0.0738. The van der Waals surface area contributed by atoms with Crippen molar-refractivity contribution in [2.75, 3.05) is 6.26 Å². The molecule has 0 amide bonds. The van der Waals surface area contributed by atoms with Crippen LogP contribution in [0.5, 0.6) is 0 Å². The summed E-state index contributed by atoms with van der Waals surface area (Å²) in [5, 5.41) is 8.48. The van der Waals surface area contributed by atoms with E-state index in [0.717, 1.165) is 18.0 Å². The summed E-state index contributed by atoms with van der Waals surface area (Å²) < 4.78 is 23.0. The molecule has 0 fully saturated rings. The Hall–Kier alpha value is -1.08. The highest BCUT2D eigenvalue weighted by Crippen LogP contribution is 2.29. The van der Waals surface area contributed by atoms with Gasteiger partial charge in [0.15, 0.2) is 9.84 Å². The van der Waals surface area contributed by atoms with E-state index in [2.05, 4.69) is 4.98 Å². The lowest BCUT2D eigenvalue weighted by molar-refractivity contribution is -0.136. The molecule has 94 valence electrons. The molecule has 0 aliphatic rings. The van der Waals surface area contributed by atoms with Gasteiger partial charge in [0, 0.05) is 12.5 Å². The van der Waals surface area contributed by atoms with E-state index in [9.17, 15) is 13.2 Å². The zero-order chi connectivity index (χ0) is 13.1. The van der Waals surface area contributed by atoms with Gasteiger partial charge in [0.25, 0.3) is 0 Å². The van der Waals surface area contributed by atoms with Gasteiger partial charge in [-0.05, 0) is 18.6 Å². The minimum Gasteiger partial charge on any atom is -0.480 e. The van der Waals surface area contributed by atoms with Crippen LogP contribution in [0, 0.1) is 0 Å². The molecule has 1 heterocycles. The molecule has 1 aromatic rings. The minimum atomic E-state index is -3.39. The number of hydrogen-bond donors (Lipinski definition) is 1. The third kappa shape index (κ3) is 3.71. The van der Waals surface area contributed by atoms with Crippen molar-refractivity contribution in [1.82, 2.24) is 4.98 Å². The fourth-order valence-electron chi connectivity index (χ4n) is 1.19. The molecule has 17 heavy (non-hydrogen) atoms. The molecule has 1 rings (SSSR count). The Kier molecular flexibility index (Phi) is 4.53. The average molecular weight is 275 g/mol. The van der Waals surface area contributed by atoms with E-state index in [1.807, 2.05) is 0 Å². The highest BCUT2D eigenvalue weighted by molar-refractivity contribution is 8.01. The van der Waals surface area contributed by atoms with Crippen molar-refractivity contribution < 1.29 is 18.3 Å². The molecule has 0 bridgehead atoms. The second kappa shape index (κ2) is 5.50. The lowest BCUT2D eigenvalue weighted by Crippen LogP contribution is -2.15. The molecule has 1 unspecified atom stereocenters. The van der Waals surface area contributed by atoms with Crippen LogP contribution in [0.25, 0.3) is 0 Å². The van der Waals surface area contributed by atoms with Gasteiger partial charge in [0.05, 0.1) is 4.90 Å². The second-order valence-corrected chi connectivity index (χ2v) is 6.61. The first kappa shape index (κ1) is 14.0. The van der Waals surface area contributed by atoms with Crippen molar-refractivity contribution in [3.05, 3.63) is 18.3 Å². The summed E-state index contributed by atoms with van der Waals surface area (Å²) in [5.41, 5.74) is 0. The lowest BCUT2D eigenvalue weighted by atomic mass is 10.3. The number of sulfone groups is 1. The zero-order valence-electron chi connectivity index (χ0n) is 9.45. The monoisotopic (exact) mass is 275 g/mol. The van der Waals surface area contributed by atoms with E-state index in [4.69, 9.17) is 5.11 Å². The molecule has 0 radical (unpaired) electrons. The Morgan fingerprint density at radius 3 is 2.71 bits per heavy atom. The number of nitrogens with zero attached hydrogens (tertiary/aromatic N) is 1. The van der Waals surface area contributed by atoms with Gasteiger partial charge in [-0.2, -0.15) is 0 Å². The van der Waals surface area contributed by atoms with Gasteiger partial charge in [-0.25, -0.2) is 13.4 Å². The maximum absolute atomic E-state index is 11.5. The fraction of sp³-hybridized carbons (Fsp3) is 0.400. The number of aromatic nitrogens is 1. The Balaban J connectivity index is 3.11. The van der Waals surface area contributed by atoms with Gasteiger partial charge in [-0.1, -0.05) is 18.7 Å². The van der Waals surface area contributed by atoms with Crippen LogP contribution in [0.4, 0.5) is 0 Å². The van der Waals surface area contributed by atoms with E-state index in [-0.39, 0.29) is 9.92 Å². The fourth-order valence-corrected chi connectivity index (χ4v) is 3.33. The number of carbonyl (C=O) groups is 1. The van der Waals surface area contributed by atoms with E-state index in [0.29, 0.717) is 6.42 Å². The van der Waals surface area contributed by atoms with Gasteiger partial charge >= 0.3 is 5.97 Å². The van der Waals surface area contributed by atoms with Crippen LogP contribution in [-0.4, -0.2) is 36.0 Å². The standard InChI is InChI=1S/C10H13NO4S2/c1-3-7(10(12)13)16-9-8(17(2,14)15)5-4-6-11-9/h4-7H,3H2,1-2H3,(H,12,13). The molecule has 0 aliphatic carbocycles. The van der Waals surface area contributed by atoms with E-state index in [1.54, 1.807) is 6.92 Å². The van der Waals surface area contributed by atoms with Crippen LogP contribution in [0.3, 0.4) is 0 Å². The molecular weight excluding hydrogens is 262 g/mol. The molecule has 0 spiro atoms. The molecule has 1 aromatic heterocycles. The first-order chi connectivity index (χ1) is 7.86. The Labute approximate surface area is 104 Å². The summed E-state index contributed by atoms with van der Waals surface area (Å²) in [6.45, 7) is 1.73. The first-order valence-electron chi connectivity index (χ1n) is 4.90. The van der Waals surface area contributed by atoms with Crippen molar-refractivity contribution in [3.63, 3.8) is 0 Å². The van der Waals surface area contributed by atoms with E-state index < -0.39 is 21.1 Å². The highest BCUT2D eigenvalue weighted by atomic mass is 32.2. The van der Waals surface area contributed by atoms with Gasteiger partial charge in [0.2, 0.25) is 0 Å². The summed E-state index contributed by atoms with van der Waals surface area (Å²) in [5.74, 6) is -0.970. The number of hydrogen-bond acceptors (Lipinski definition) is 5. The quantitative estimate of drug-likeness (QED) is 0.819. The zero-order valence-corrected chi connectivity index (χ0v) is 11.1. The van der Waals surface area contributed by atoms with Gasteiger partial charge in [-0.15, -0.1) is 0 Å². The Bertz CT molecular complexity index is 513. The van der Waals surface area contributed by atoms with Crippen LogP contribution in [0.2, 0.25) is 0 Å². The van der Waals surface area contributed by atoms with Crippen LogP contribution < -0.4 is 0 Å². The van der Waals surface area contributed by atoms with Crippen LogP contribution >= 0.6 is 11.8 Å². The molecule has 1 N–H and O–H groups in total. The van der Waals surface area contributed by atoms with Gasteiger partial charge in [0.1, 0.15) is 10.3 Å². The first-order valence-corrected chi connectivity index (χ1v) is 7.68. The molecule has 5 nitrogen and oxygen atoms in total. The number of thioether (sulfide) groups is 1. The molecular formula is C10H13NO4S2. The summed E-state index contributed by atoms with van der Waals surface area (Å²) in [6, 6.07) is 2.95. The van der Waals surface area contributed by atoms with Crippen molar-refractivity contribution in [2.45, 2.75) is 28.5 Å². The smallest absolute Gasteiger partial charge is 0.317 e. The summed E-state index contributed by atoms with van der Waals surface area (Å²) in [7, 11) is -3.39. The topological polar surface area (TPSA) is 84.3 Å².